The molecule has 0 atom stereocenters. The summed E-state index contributed by atoms with van der Waals surface area (Å²) in [6.45, 7) is 2.80. The number of nitrogens with two attached hydrogens (primary N) is 1. The second-order valence-electron chi connectivity index (χ2n) is 8.45. The van der Waals surface area contributed by atoms with E-state index < -0.39 is 0 Å². The Morgan fingerprint density at radius 3 is 2.77 bits per heavy atom. The number of amides is 2. The number of H-pyrrole nitrogens is 1. The lowest BCUT2D eigenvalue weighted by Crippen LogP contribution is -2.36. The van der Waals surface area contributed by atoms with Gasteiger partial charge in [0.1, 0.15) is 0 Å². The van der Waals surface area contributed by atoms with Crippen molar-refractivity contribution in [3.05, 3.63) is 52.8 Å². The van der Waals surface area contributed by atoms with Gasteiger partial charge in [0.25, 0.3) is 11.8 Å². The van der Waals surface area contributed by atoms with Crippen molar-refractivity contribution >= 4 is 29.2 Å². The van der Waals surface area contributed by atoms with Gasteiger partial charge >= 0.3 is 0 Å². The first-order chi connectivity index (χ1) is 15.0. The molecule has 2 aliphatic rings. The molecule has 1 aliphatic carbocycles. The summed E-state index contributed by atoms with van der Waals surface area (Å²) in [4.78, 5) is 31.0. The Bertz CT molecular complexity index is 1070. The van der Waals surface area contributed by atoms with E-state index in [-0.39, 0.29) is 24.4 Å². The monoisotopic (exact) mass is 416 g/mol. The van der Waals surface area contributed by atoms with E-state index in [0.29, 0.717) is 23.6 Å². The molecule has 1 aromatic carbocycles. The zero-order valence-corrected chi connectivity index (χ0v) is 17.8. The highest BCUT2D eigenvalue weighted by Crippen LogP contribution is 2.40. The molecule has 1 aromatic heterocycles. The molecule has 2 aromatic rings. The molecule has 0 spiro atoms. The van der Waals surface area contributed by atoms with Gasteiger partial charge in [0.05, 0.1) is 17.8 Å². The standard InChI is InChI=1S/C25H28N4O2/c1-3-11-28-24(30)18-6-9-20-21(14-22-16(2)10-12-27-22)25(31)29(23(20)13-18)15-17-4-7-19(26)8-5-17/h1,6,9-10,12-14,17,19,27H,4-5,7-8,11,15,26H2,2H3,(H,28,30)/b21-14-. The molecule has 4 rings (SSSR count). The van der Waals surface area contributed by atoms with E-state index in [2.05, 4.69) is 16.2 Å². The molecule has 6 heteroatoms. The predicted molar refractivity (Wildman–Crippen MR) is 123 cm³/mol. The summed E-state index contributed by atoms with van der Waals surface area (Å²) in [5.74, 6) is 2.55. The molecular weight excluding hydrogens is 388 g/mol. The first kappa shape index (κ1) is 21.0. The molecule has 6 nitrogen and oxygen atoms in total. The van der Waals surface area contributed by atoms with Crippen LogP contribution in [0.3, 0.4) is 0 Å². The van der Waals surface area contributed by atoms with Crippen molar-refractivity contribution < 1.29 is 9.59 Å². The molecule has 1 aliphatic heterocycles. The number of nitrogens with zero attached hydrogens (tertiary/aromatic N) is 1. The number of aromatic nitrogens is 1. The van der Waals surface area contributed by atoms with Crippen molar-refractivity contribution in [2.75, 3.05) is 18.0 Å². The van der Waals surface area contributed by atoms with Gasteiger partial charge in [-0.05, 0) is 68.4 Å². The number of nitrogens with one attached hydrogen (secondary N) is 2. The fourth-order valence-electron chi connectivity index (χ4n) is 4.44. The van der Waals surface area contributed by atoms with E-state index in [1.807, 2.05) is 36.2 Å². The number of benzene rings is 1. The molecule has 1 saturated carbocycles. The first-order valence-corrected chi connectivity index (χ1v) is 10.8. The summed E-state index contributed by atoms with van der Waals surface area (Å²) in [6, 6.07) is 7.65. The lowest BCUT2D eigenvalue weighted by atomic mass is 9.86. The van der Waals surface area contributed by atoms with Gasteiger partial charge in [0.2, 0.25) is 0 Å². The van der Waals surface area contributed by atoms with Crippen LogP contribution in [0, 0.1) is 25.2 Å². The molecule has 0 bridgehead atoms. The second kappa shape index (κ2) is 8.83. The largest absolute Gasteiger partial charge is 0.361 e. The Morgan fingerprint density at radius 2 is 2.10 bits per heavy atom. The van der Waals surface area contributed by atoms with Crippen molar-refractivity contribution in [2.45, 2.75) is 38.6 Å². The number of aromatic amines is 1. The van der Waals surface area contributed by atoms with Gasteiger partial charge in [-0.2, -0.15) is 0 Å². The van der Waals surface area contributed by atoms with Crippen LogP contribution in [0.5, 0.6) is 0 Å². The number of fused-ring (bicyclic) bond motifs is 1. The summed E-state index contributed by atoms with van der Waals surface area (Å²) in [7, 11) is 0. The quantitative estimate of drug-likeness (QED) is 0.517. The van der Waals surface area contributed by atoms with E-state index in [1.165, 1.54) is 0 Å². The third-order valence-electron chi connectivity index (χ3n) is 6.29. The summed E-state index contributed by atoms with van der Waals surface area (Å²) in [6.07, 6.45) is 13.0. The van der Waals surface area contributed by atoms with E-state index in [1.54, 1.807) is 12.1 Å². The van der Waals surface area contributed by atoms with Crippen LogP contribution in [0.2, 0.25) is 0 Å². The molecule has 2 heterocycles. The van der Waals surface area contributed by atoms with Crippen molar-refractivity contribution in [3.63, 3.8) is 0 Å². The molecule has 0 radical (unpaired) electrons. The van der Waals surface area contributed by atoms with Crippen LogP contribution in [0.1, 0.15) is 52.9 Å². The molecule has 4 N–H and O–H groups in total. The third-order valence-corrected chi connectivity index (χ3v) is 6.29. The fraction of sp³-hybridized carbons (Fsp3) is 0.360. The number of carbonyl (C=O) groups is 2. The summed E-state index contributed by atoms with van der Waals surface area (Å²) in [5.41, 5.74) is 10.8. The van der Waals surface area contributed by atoms with E-state index in [0.717, 1.165) is 48.2 Å². The zero-order chi connectivity index (χ0) is 22.0. The van der Waals surface area contributed by atoms with Crippen LogP contribution < -0.4 is 16.0 Å². The molecule has 0 saturated heterocycles. The maximum Gasteiger partial charge on any atom is 0.259 e. The number of carbonyl (C=O) groups excluding carboxylic acids is 2. The minimum atomic E-state index is -0.241. The first-order valence-electron chi connectivity index (χ1n) is 10.8. The predicted octanol–water partition coefficient (Wildman–Crippen LogP) is 3.09. The van der Waals surface area contributed by atoms with Gasteiger partial charge in [0, 0.05) is 35.6 Å². The zero-order valence-electron chi connectivity index (χ0n) is 17.8. The number of aryl methyl sites for hydroxylation is 1. The van der Waals surface area contributed by atoms with Gasteiger partial charge in [-0.3, -0.25) is 9.59 Å². The van der Waals surface area contributed by atoms with Gasteiger partial charge in [-0.1, -0.05) is 12.0 Å². The van der Waals surface area contributed by atoms with Gasteiger partial charge in [-0.15, -0.1) is 6.42 Å². The van der Waals surface area contributed by atoms with Crippen molar-refractivity contribution in [1.82, 2.24) is 10.3 Å². The lowest BCUT2D eigenvalue weighted by Gasteiger charge is -2.30. The molecular formula is C25H28N4O2. The molecule has 0 unspecified atom stereocenters. The van der Waals surface area contributed by atoms with Crippen LogP contribution in [-0.4, -0.2) is 35.9 Å². The van der Waals surface area contributed by atoms with Crippen LogP contribution in [0.25, 0.3) is 11.6 Å². The number of terminal acetylenes is 1. The van der Waals surface area contributed by atoms with Gasteiger partial charge < -0.3 is 20.9 Å². The van der Waals surface area contributed by atoms with E-state index in [4.69, 9.17) is 12.2 Å². The van der Waals surface area contributed by atoms with E-state index in [9.17, 15) is 9.59 Å². The number of rotatable bonds is 5. The summed E-state index contributed by atoms with van der Waals surface area (Å²) in [5, 5.41) is 2.70. The maximum absolute atomic E-state index is 13.5. The smallest absolute Gasteiger partial charge is 0.259 e. The second-order valence-corrected chi connectivity index (χ2v) is 8.45. The highest BCUT2D eigenvalue weighted by atomic mass is 16.2. The highest BCUT2D eigenvalue weighted by molar-refractivity contribution is 6.36. The maximum atomic E-state index is 13.5. The minimum Gasteiger partial charge on any atom is -0.361 e. The van der Waals surface area contributed by atoms with Crippen molar-refractivity contribution in [1.29, 1.82) is 0 Å². The number of hydrogen-bond donors (Lipinski definition) is 3. The molecule has 2 amide bonds. The fourth-order valence-corrected chi connectivity index (χ4v) is 4.44. The normalized spacial score (nSPS) is 21.8. The Hall–Kier alpha value is -3.30. The average molecular weight is 417 g/mol. The third kappa shape index (κ3) is 4.28. The number of hydrogen-bond acceptors (Lipinski definition) is 3. The molecule has 160 valence electrons. The Morgan fingerprint density at radius 1 is 1.32 bits per heavy atom. The van der Waals surface area contributed by atoms with Crippen LogP contribution in [-0.2, 0) is 4.79 Å². The Labute approximate surface area is 182 Å². The Balaban J connectivity index is 1.70. The van der Waals surface area contributed by atoms with Crippen molar-refractivity contribution in [2.24, 2.45) is 11.7 Å². The molecule has 31 heavy (non-hydrogen) atoms. The van der Waals surface area contributed by atoms with Crippen molar-refractivity contribution in [3.8, 4) is 12.3 Å². The SMILES string of the molecule is C#CCNC(=O)c1ccc2c(c1)N(CC1CCC(N)CC1)C(=O)/C2=C\c1[nH]ccc1C. The Kier molecular flexibility index (Phi) is 5.97. The lowest BCUT2D eigenvalue weighted by molar-refractivity contribution is -0.113. The summed E-state index contributed by atoms with van der Waals surface area (Å²) >= 11 is 0. The van der Waals surface area contributed by atoms with Crippen LogP contribution in [0.15, 0.2) is 30.5 Å². The van der Waals surface area contributed by atoms with Gasteiger partial charge in [0.15, 0.2) is 0 Å². The number of anilines is 1. The van der Waals surface area contributed by atoms with E-state index >= 15 is 0 Å². The topological polar surface area (TPSA) is 91.2 Å². The van der Waals surface area contributed by atoms with Crippen LogP contribution in [0.4, 0.5) is 5.69 Å². The summed E-state index contributed by atoms with van der Waals surface area (Å²) < 4.78 is 0. The minimum absolute atomic E-state index is 0.0277. The molecule has 1 fully saturated rings. The van der Waals surface area contributed by atoms with Crippen LogP contribution >= 0.6 is 0 Å². The average Bonchev–Trinajstić information content (AvgIpc) is 3.29. The highest BCUT2D eigenvalue weighted by Gasteiger charge is 2.35. The van der Waals surface area contributed by atoms with Gasteiger partial charge in [-0.25, -0.2) is 0 Å².